The third-order valence-corrected chi connectivity index (χ3v) is 3.61. The second kappa shape index (κ2) is 4.63. The highest BCUT2D eigenvalue weighted by Crippen LogP contribution is 2.29. The van der Waals surface area contributed by atoms with E-state index in [0.717, 1.165) is 4.47 Å². The lowest BCUT2D eigenvalue weighted by atomic mass is 9.98. The molecule has 1 aromatic rings. The van der Waals surface area contributed by atoms with Gasteiger partial charge in [-0.2, -0.15) is 0 Å². The molecule has 106 valence electrons. The molecule has 2 heterocycles. The average Bonchev–Trinajstić information content (AvgIpc) is 2.52. The van der Waals surface area contributed by atoms with Gasteiger partial charge in [-0.25, -0.2) is 0 Å². The number of carbonyl (C=O) groups excluding carboxylic acids is 1. The molecule has 5 heteroatoms. The number of hydrogen-bond donors (Lipinski definition) is 0. The molecule has 1 fully saturated rings. The normalized spacial score (nSPS) is 21.5. The summed E-state index contributed by atoms with van der Waals surface area (Å²) in [6.45, 7) is 9.31. The Bertz CT molecular complexity index is 490. The molecule has 0 bridgehead atoms. The van der Waals surface area contributed by atoms with Crippen molar-refractivity contribution >= 4 is 21.8 Å². The molecular formula is C14H21BrN2O2. The van der Waals surface area contributed by atoms with E-state index in [4.69, 9.17) is 4.74 Å². The van der Waals surface area contributed by atoms with Crippen molar-refractivity contribution in [2.75, 3.05) is 13.1 Å². The minimum atomic E-state index is -0.320. The Morgan fingerprint density at radius 1 is 1.26 bits per heavy atom. The summed E-state index contributed by atoms with van der Waals surface area (Å²) in [7, 11) is 1.88. The first kappa shape index (κ1) is 14.6. The number of carbonyl (C=O) groups is 1. The van der Waals surface area contributed by atoms with E-state index < -0.39 is 0 Å². The van der Waals surface area contributed by atoms with Crippen LogP contribution < -0.4 is 0 Å². The summed E-state index contributed by atoms with van der Waals surface area (Å²) >= 11 is 3.40. The molecule has 4 nitrogen and oxygen atoms in total. The molecule has 0 saturated carbocycles. The van der Waals surface area contributed by atoms with Gasteiger partial charge in [0.05, 0.1) is 11.2 Å². The summed E-state index contributed by atoms with van der Waals surface area (Å²) in [5, 5.41) is 0. The van der Waals surface area contributed by atoms with Crippen LogP contribution in [-0.2, 0) is 11.8 Å². The van der Waals surface area contributed by atoms with Crippen LogP contribution >= 0.6 is 15.9 Å². The van der Waals surface area contributed by atoms with Gasteiger partial charge in [0, 0.05) is 30.8 Å². The molecule has 0 atom stereocenters. The number of aryl methyl sites for hydroxylation is 1. The van der Waals surface area contributed by atoms with E-state index in [0.29, 0.717) is 18.8 Å². The van der Waals surface area contributed by atoms with Gasteiger partial charge in [0.1, 0.15) is 5.69 Å². The highest BCUT2D eigenvalue weighted by Gasteiger charge is 2.40. The fourth-order valence-electron chi connectivity index (χ4n) is 2.83. The standard InChI is InChI=1S/C14H21BrN2O2/c1-13(2)8-17(9-14(3,4)19-13)12(18)11-6-10(15)7-16(11)5/h6-7H,8-9H2,1-5H3. The first-order valence-electron chi connectivity index (χ1n) is 6.41. The van der Waals surface area contributed by atoms with Gasteiger partial charge in [-0.15, -0.1) is 0 Å². The number of rotatable bonds is 1. The lowest BCUT2D eigenvalue weighted by Crippen LogP contribution is -2.58. The molecule has 0 spiro atoms. The second-order valence-electron chi connectivity index (χ2n) is 6.44. The van der Waals surface area contributed by atoms with Crippen LogP contribution in [0.4, 0.5) is 0 Å². The van der Waals surface area contributed by atoms with Gasteiger partial charge in [0.15, 0.2) is 0 Å². The molecule has 0 aromatic carbocycles. The highest BCUT2D eigenvalue weighted by molar-refractivity contribution is 9.10. The van der Waals surface area contributed by atoms with Crippen LogP contribution in [0.15, 0.2) is 16.7 Å². The number of amides is 1. The SMILES string of the molecule is Cn1cc(Br)cc1C(=O)N1CC(C)(C)OC(C)(C)C1. The minimum Gasteiger partial charge on any atom is -0.366 e. The van der Waals surface area contributed by atoms with Crippen molar-refractivity contribution < 1.29 is 9.53 Å². The van der Waals surface area contributed by atoms with Crippen LogP contribution in [0.1, 0.15) is 38.2 Å². The number of ether oxygens (including phenoxy) is 1. The fourth-order valence-corrected chi connectivity index (χ4v) is 3.35. The molecule has 1 saturated heterocycles. The van der Waals surface area contributed by atoms with Gasteiger partial charge < -0.3 is 14.2 Å². The van der Waals surface area contributed by atoms with Crippen LogP contribution in [0.5, 0.6) is 0 Å². The first-order chi connectivity index (χ1) is 8.60. The Labute approximate surface area is 122 Å². The number of hydrogen-bond acceptors (Lipinski definition) is 2. The maximum Gasteiger partial charge on any atom is 0.270 e. The van der Waals surface area contributed by atoms with Crippen LogP contribution in [-0.4, -0.2) is 39.7 Å². The summed E-state index contributed by atoms with van der Waals surface area (Å²) in [4.78, 5) is 14.5. The molecule has 2 rings (SSSR count). The molecule has 1 aromatic heterocycles. The Balaban J connectivity index is 2.26. The number of nitrogens with zero attached hydrogens (tertiary/aromatic N) is 2. The van der Waals surface area contributed by atoms with Crippen molar-refractivity contribution in [3.05, 3.63) is 22.4 Å². The topological polar surface area (TPSA) is 34.5 Å². The van der Waals surface area contributed by atoms with Crippen LogP contribution in [0, 0.1) is 0 Å². The van der Waals surface area contributed by atoms with E-state index in [1.54, 1.807) is 0 Å². The van der Waals surface area contributed by atoms with Crippen LogP contribution in [0.2, 0.25) is 0 Å². The van der Waals surface area contributed by atoms with Crippen molar-refractivity contribution in [3.63, 3.8) is 0 Å². The van der Waals surface area contributed by atoms with Gasteiger partial charge in [0.25, 0.3) is 5.91 Å². The van der Waals surface area contributed by atoms with Crippen molar-refractivity contribution in [3.8, 4) is 0 Å². The Hall–Kier alpha value is -0.810. The molecule has 0 radical (unpaired) electrons. The van der Waals surface area contributed by atoms with Gasteiger partial charge in [-0.1, -0.05) is 0 Å². The highest BCUT2D eigenvalue weighted by atomic mass is 79.9. The predicted octanol–water partition coefficient (Wildman–Crippen LogP) is 2.82. The van der Waals surface area contributed by atoms with Gasteiger partial charge in [0.2, 0.25) is 0 Å². The monoisotopic (exact) mass is 328 g/mol. The van der Waals surface area contributed by atoms with E-state index in [-0.39, 0.29) is 17.1 Å². The Kier molecular flexibility index (Phi) is 3.56. The zero-order chi connectivity index (χ0) is 14.4. The van der Waals surface area contributed by atoms with Crippen molar-refractivity contribution in [2.45, 2.75) is 38.9 Å². The zero-order valence-electron chi connectivity index (χ0n) is 12.2. The van der Waals surface area contributed by atoms with Gasteiger partial charge >= 0.3 is 0 Å². The average molecular weight is 329 g/mol. The number of morpholine rings is 1. The van der Waals surface area contributed by atoms with E-state index in [1.807, 2.05) is 56.5 Å². The molecule has 19 heavy (non-hydrogen) atoms. The largest absolute Gasteiger partial charge is 0.366 e. The van der Waals surface area contributed by atoms with E-state index >= 15 is 0 Å². The number of halogens is 1. The second-order valence-corrected chi connectivity index (χ2v) is 7.35. The van der Waals surface area contributed by atoms with Crippen molar-refractivity contribution in [1.82, 2.24) is 9.47 Å². The Morgan fingerprint density at radius 3 is 2.21 bits per heavy atom. The molecule has 0 N–H and O–H groups in total. The first-order valence-corrected chi connectivity index (χ1v) is 7.20. The third kappa shape index (κ3) is 3.20. The molecule has 1 aliphatic rings. The van der Waals surface area contributed by atoms with E-state index in [9.17, 15) is 4.79 Å². The zero-order valence-corrected chi connectivity index (χ0v) is 13.7. The van der Waals surface area contributed by atoms with Crippen LogP contribution in [0.25, 0.3) is 0 Å². The summed E-state index contributed by atoms with van der Waals surface area (Å²) in [5.41, 5.74) is 0.0555. The van der Waals surface area contributed by atoms with E-state index in [2.05, 4.69) is 15.9 Å². The molecule has 0 aliphatic carbocycles. The van der Waals surface area contributed by atoms with Crippen LogP contribution in [0.3, 0.4) is 0 Å². The Morgan fingerprint density at radius 2 is 1.79 bits per heavy atom. The summed E-state index contributed by atoms with van der Waals surface area (Å²) in [6.07, 6.45) is 1.89. The maximum atomic E-state index is 12.6. The fraction of sp³-hybridized carbons (Fsp3) is 0.643. The lowest BCUT2D eigenvalue weighted by molar-refractivity contribution is -0.171. The molecule has 1 amide bonds. The number of aromatic nitrogens is 1. The molecular weight excluding hydrogens is 308 g/mol. The summed E-state index contributed by atoms with van der Waals surface area (Å²) in [5.74, 6) is 0.0534. The third-order valence-electron chi connectivity index (χ3n) is 3.17. The quantitative estimate of drug-likeness (QED) is 0.794. The minimum absolute atomic E-state index is 0.0534. The lowest BCUT2D eigenvalue weighted by Gasteiger charge is -2.47. The van der Waals surface area contributed by atoms with Gasteiger partial charge in [-0.05, 0) is 49.7 Å². The van der Waals surface area contributed by atoms with E-state index in [1.165, 1.54) is 0 Å². The van der Waals surface area contributed by atoms with Gasteiger partial charge in [-0.3, -0.25) is 4.79 Å². The molecule has 0 unspecified atom stereocenters. The van der Waals surface area contributed by atoms with Crippen molar-refractivity contribution in [1.29, 1.82) is 0 Å². The van der Waals surface area contributed by atoms with Crippen molar-refractivity contribution in [2.24, 2.45) is 7.05 Å². The summed E-state index contributed by atoms with van der Waals surface area (Å²) in [6, 6.07) is 1.86. The smallest absolute Gasteiger partial charge is 0.270 e. The predicted molar refractivity (Wildman–Crippen MR) is 78.3 cm³/mol. The summed E-state index contributed by atoms with van der Waals surface area (Å²) < 4.78 is 8.77. The maximum absolute atomic E-state index is 12.6. The molecule has 1 aliphatic heterocycles.